The first-order chi connectivity index (χ1) is 8.93. The highest BCUT2D eigenvalue weighted by Gasteiger charge is 2.48. The molecule has 20 heavy (non-hydrogen) atoms. The number of hydrogen-bond donors (Lipinski definition) is 2. The summed E-state index contributed by atoms with van der Waals surface area (Å²) < 4.78 is 51.5. The summed E-state index contributed by atoms with van der Waals surface area (Å²) in [6.45, 7) is 4.74. The lowest BCUT2D eigenvalue weighted by atomic mass is 10.1. The third kappa shape index (κ3) is 7.70. The fraction of sp³-hybridized carbons (Fsp3) is 0.636. The molecule has 0 aromatic heterocycles. The van der Waals surface area contributed by atoms with Gasteiger partial charge in [0.2, 0.25) is 0 Å². The maximum absolute atomic E-state index is 13.9. The monoisotopic (exact) mass is 314 g/mol. The van der Waals surface area contributed by atoms with Gasteiger partial charge in [0.15, 0.2) is 6.10 Å². The molecule has 0 amide bonds. The van der Waals surface area contributed by atoms with E-state index in [-0.39, 0.29) is 6.61 Å². The van der Waals surface area contributed by atoms with Crippen LogP contribution in [0, 0.1) is 12.3 Å². The van der Waals surface area contributed by atoms with Crippen molar-refractivity contribution in [1.82, 2.24) is 0 Å². The van der Waals surface area contributed by atoms with E-state index in [2.05, 4.69) is 20.6 Å². The first-order valence-corrected chi connectivity index (χ1v) is 6.93. The fourth-order valence-electron chi connectivity index (χ4n) is 1.04. The van der Waals surface area contributed by atoms with E-state index >= 15 is 0 Å². The van der Waals surface area contributed by atoms with Crippen LogP contribution in [-0.4, -0.2) is 40.8 Å². The van der Waals surface area contributed by atoms with E-state index in [1.807, 2.05) is 5.92 Å². The minimum atomic E-state index is -5.16. The van der Waals surface area contributed by atoms with Crippen molar-refractivity contribution in [2.24, 2.45) is 0 Å². The molecule has 0 aliphatic carbocycles. The molecule has 0 spiro atoms. The maximum Gasteiger partial charge on any atom is 0.470 e. The zero-order valence-electron chi connectivity index (χ0n) is 11.1. The second kappa shape index (κ2) is 7.27. The average Bonchev–Trinajstić information content (AvgIpc) is 2.25. The number of terminal acetylenes is 1. The summed E-state index contributed by atoms with van der Waals surface area (Å²) >= 11 is 0. The molecule has 0 aromatic carbocycles. The quantitative estimate of drug-likeness (QED) is 0.291. The van der Waals surface area contributed by atoms with Crippen molar-refractivity contribution in [3.05, 3.63) is 12.7 Å². The Kier molecular flexibility index (Phi) is 6.98. The summed E-state index contributed by atoms with van der Waals surface area (Å²) in [5.41, 5.74) is -1.44. The molecular weight excluding hydrogens is 297 g/mol. The van der Waals surface area contributed by atoms with Gasteiger partial charge in [-0.1, -0.05) is 12.0 Å². The summed E-state index contributed by atoms with van der Waals surface area (Å²) in [7, 11) is -5.16. The molecule has 0 radical (unpaired) electrons. The molecule has 2 N–H and O–H groups in total. The minimum Gasteiger partial charge on any atom is -0.366 e. The SMILES string of the molecule is C#CCOCC(OP(=O)(O)O)C(F)(F)OC(C)(C)C=C. The molecule has 0 fully saturated rings. The first kappa shape index (κ1) is 19.2. The summed E-state index contributed by atoms with van der Waals surface area (Å²) in [5, 5.41) is 0. The van der Waals surface area contributed by atoms with Gasteiger partial charge in [0.25, 0.3) is 0 Å². The van der Waals surface area contributed by atoms with Crippen molar-refractivity contribution < 1.29 is 37.1 Å². The lowest BCUT2D eigenvalue weighted by molar-refractivity contribution is -0.320. The first-order valence-electron chi connectivity index (χ1n) is 5.40. The molecule has 0 heterocycles. The topological polar surface area (TPSA) is 85.2 Å². The van der Waals surface area contributed by atoms with Gasteiger partial charge in [-0.15, -0.1) is 13.0 Å². The van der Waals surface area contributed by atoms with E-state index in [0.29, 0.717) is 0 Å². The normalized spacial score (nSPS) is 14.7. The molecule has 9 heteroatoms. The van der Waals surface area contributed by atoms with Crippen LogP contribution >= 0.6 is 7.82 Å². The minimum absolute atomic E-state index is 0.318. The largest absolute Gasteiger partial charge is 0.470 e. The van der Waals surface area contributed by atoms with E-state index in [1.54, 1.807) is 0 Å². The number of alkyl halides is 2. The van der Waals surface area contributed by atoms with Gasteiger partial charge in [0, 0.05) is 0 Å². The Hall–Kier alpha value is -0.810. The van der Waals surface area contributed by atoms with Crippen LogP contribution in [0.4, 0.5) is 8.78 Å². The standard InChI is InChI=1S/C11H17F2O6P/c1-5-7-17-8-9(18-20(14,15)16)11(12,13)19-10(3,4)6-2/h1,6,9H,2,7-8H2,3-4H3,(H2,14,15,16). The van der Waals surface area contributed by atoms with E-state index in [0.717, 1.165) is 6.08 Å². The molecule has 6 nitrogen and oxygen atoms in total. The van der Waals surface area contributed by atoms with Crippen molar-refractivity contribution >= 4 is 7.82 Å². The second-order valence-corrected chi connectivity index (χ2v) is 5.47. The van der Waals surface area contributed by atoms with Crippen LogP contribution in [-0.2, 0) is 18.6 Å². The summed E-state index contributed by atoms with van der Waals surface area (Å²) in [5.74, 6) is 2.02. The molecule has 0 saturated carbocycles. The molecule has 0 rings (SSSR count). The highest BCUT2D eigenvalue weighted by atomic mass is 31.2. The van der Waals surface area contributed by atoms with Crippen LogP contribution in [0.3, 0.4) is 0 Å². The predicted octanol–water partition coefficient (Wildman–Crippen LogP) is 1.69. The van der Waals surface area contributed by atoms with Crippen molar-refractivity contribution in [2.45, 2.75) is 31.7 Å². The van der Waals surface area contributed by atoms with Crippen molar-refractivity contribution in [3.8, 4) is 12.3 Å². The van der Waals surface area contributed by atoms with Crippen molar-refractivity contribution in [3.63, 3.8) is 0 Å². The lowest BCUT2D eigenvalue weighted by Crippen LogP contribution is -2.46. The van der Waals surface area contributed by atoms with E-state index < -0.39 is 32.2 Å². The molecule has 0 saturated heterocycles. The second-order valence-electron chi connectivity index (χ2n) is 4.28. The molecular formula is C11H17F2O6P. The average molecular weight is 314 g/mol. The van der Waals surface area contributed by atoms with Gasteiger partial charge < -0.3 is 19.3 Å². The van der Waals surface area contributed by atoms with Gasteiger partial charge in [-0.05, 0) is 13.8 Å². The summed E-state index contributed by atoms with van der Waals surface area (Å²) in [4.78, 5) is 17.3. The third-order valence-corrected chi connectivity index (χ3v) is 2.51. The smallest absolute Gasteiger partial charge is 0.366 e. The van der Waals surface area contributed by atoms with Gasteiger partial charge in [-0.25, -0.2) is 4.57 Å². The van der Waals surface area contributed by atoms with Crippen LogP contribution in [0.1, 0.15) is 13.8 Å². The zero-order valence-corrected chi connectivity index (χ0v) is 12.0. The molecule has 1 unspecified atom stereocenters. The number of halogens is 2. The van der Waals surface area contributed by atoms with Gasteiger partial charge in [-0.2, -0.15) is 8.78 Å². The Labute approximate surface area is 116 Å². The van der Waals surface area contributed by atoms with Crippen molar-refractivity contribution in [1.29, 1.82) is 0 Å². The van der Waals surface area contributed by atoms with Gasteiger partial charge in [-0.3, -0.25) is 4.52 Å². The number of ether oxygens (including phenoxy) is 2. The van der Waals surface area contributed by atoms with Gasteiger partial charge >= 0.3 is 13.9 Å². The van der Waals surface area contributed by atoms with Gasteiger partial charge in [0.1, 0.15) is 6.61 Å². The molecule has 0 aliphatic rings. The number of hydrogen-bond acceptors (Lipinski definition) is 4. The molecule has 0 bridgehead atoms. The highest BCUT2D eigenvalue weighted by Crippen LogP contribution is 2.42. The Balaban J connectivity index is 5.02. The predicted molar refractivity (Wildman–Crippen MR) is 66.9 cm³/mol. The van der Waals surface area contributed by atoms with Gasteiger partial charge in [0.05, 0.1) is 12.2 Å². The van der Waals surface area contributed by atoms with E-state index in [1.165, 1.54) is 13.8 Å². The zero-order chi connectivity index (χ0) is 16.0. The van der Waals surface area contributed by atoms with Crippen LogP contribution < -0.4 is 0 Å². The van der Waals surface area contributed by atoms with Crippen LogP contribution in [0.5, 0.6) is 0 Å². The van der Waals surface area contributed by atoms with Crippen molar-refractivity contribution in [2.75, 3.05) is 13.2 Å². The number of phosphoric acid groups is 1. The summed E-state index contributed by atoms with van der Waals surface area (Å²) in [6.07, 6.45) is -0.362. The molecule has 0 aliphatic heterocycles. The Morgan fingerprint density at radius 1 is 1.50 bits per heavy atom. The van der Waals surface area contributed by atoms with E-state index in [9.17, 15) is 13.3 Å². The molecule has 1 atom stereocenters. The fourth-order valence-corrected chi connectivity index (χ4v) is 1.55. The number of phosphoric ester groups is 1. The highest BCUT2D eigenvalue weighted by molar-refractivity contribution is 7.46. The van der Waals surface area contributed by atoms with Crippen LogP contribution in [0.15, 0.2) is 12.7 Å². The summed E-state index contributed by atoms with van der Waals surface area (Å²) in [6, 6.07) is 0. The Bertz CT molecular complexity index is 412. The maximum atomic E-state index is 13.9. The van der Waals surface area contributed by atoms with Crippen LogP contribution in [0.25, 0.3) is 0 Å². The molecule has 116 valence electrons. The lowest BCUT2D eigenvalue weighted by Gasteiger charge is -2.32. The number of rotatable bonds is 9. The Morgan fingerprint density at radius 2 is 2.05 bits per heavy atom. The van der Waals surface area contributed by atoms with Crippen LogP contribution in [0.2, 0.25) is 0 Å². The molecule has 0 aromatic rings. The van der Waals surface area contributed by atoms with E-state index in [4.69, 9.17) is 16.2 Å². The third-order valence-electron chi connectivity index (χ3n) is 1.98. The Morgan fingerprint density at radius 3 is 2.45 bits per heavy atom.